The van der Waals surface area contributed by atoms with Crippen LogP contribution in [-0.4, -0.2) is 19.5 Å². The lowest BCUT2D eigenvalue weighted by Crippen LogP contribution is -2.06. The maximum absolute atomic E-state index is 6.24. The lowest BCUT2D eigenvalue weighted by molar-refractivity contribution is 0.751. The molecule has 0 aliphatic heterocycles. The molecule has 0 fully saturated rings. The van der Waals surface area contributed by atoms with Crippen molar-refractivity contribution in [1.29, 1.82) is 0 Å². The second kappa shape index (κ2) is 6.42. The Hall–Kier alpha value is -1.33. The van der Waals surface area contributed by atoms with Gasteiger partial charge in [-0.2, -0.15) is 0 Å². The summed E-state index contributed by atoms with van der Waals surface area (Å²) in [6.07, 6.45) is 3.05. The Morgan fingerprint density at radius 1 is 0.864 bits per heavy atom. The van der Waals surface area contributed by atoms with E-state index in [0.717, 1.165) is 5.56 Å². The van der Waals surface area contributed by atoms with Crippen molar-refractivity contribution in [3.05, 3.63) is 62.8 Å². The van der Waals surface area contributed by atoms with Gasteiger partial charge in [-0.25, -0.2) is 15.0 Å². The van der Waals surface area contributed by atoms with Crippen molar-refractivity contribution < 1.29 is 0 Å². The highest BCUT2D eigenvalue weighted by Gasteiger charge is 2.16. The third kappa shape index (κ3) is 3.20. The van der Waals surface area contributed by atoms with Crippen LogP contribution in [0, 0.1) is 0 Å². The van der Waals surface area contributed by atoms with E-state index in [0.29, 0.717) is 33.4 Å². The number of benzene rings is 1. The van der Waals surface area contributed by atoms with Gasteiger partial charge < -0.3 is 4.57 Å². The number of halogens is 4. The molecule has 4 nitrogen and oxygen atoms in total. The van der Waals surface area contributed by atoms with Crippen LogP contribution in [0.4, 0.5) is 0 Å². The van der Waals surface area contributed by atoms with E-state index in [-0.39, 0.29) is 5.15 Å². The van der Waals surface area contributed by atoms with E-state index in [1.54, 1.807) is 16.7 Å². The number of rotatable bonds is 3. The second-order valence-corrected chi connectivity index (χ2v) is 6.02. The van der Waals surface area contributed by atoms with Gasteiger partial charge in [-0.1, -0.05) is 46.4 Å². The van der Waals surface area contributed by atoms with Crippen LogP contribution in [-0.2, 0) is 6.54 Å². The van der Waals surface area contributed by atoms with Crippen molar-refractivity contribution in [2.75, 3.05) is 0 Å². The fraction of sp³-hybridized carbons (Fsp3) is 0.0714. The molecule has 0 amide bonds. The molecule has 2 aromatic heterocycles. The molecule has 0 saturated heterocycles. The molecule has 0 bridgehead atoms. The zero-order chi connectivity index (χ0) is 15.7. The van der Waals surface area contributed by atoms with Gasteiger partial charge in [0.15, 0.2) is 5.15 Å². The van der Waals surface area contributed by atoms with Gasteiger partial charge in [0.2, 0.25) is 0 Å². The molecule has 2 heterocycles. The Bertz CT molecular complexity index is 797. The van der Waals surface area contributed by atoms with E-state index in [4.69, 9.17) is 46.4 Å². The van der Waals surface area contributed by atoms with E-state index < -0.39 is 0 Å². The average Bonchev–Trinajstić information content (AvgIpc) is 2.79. The van der Waals surface area contributed by atoms with Crippen molar-refractivity contribution in [3.8, 4) is 11.4 Å². The first-order valence-electron chi connectivity index (χ1n) is 6.18. The van der Waals surface area contributed by atoms with Crippen molar-refractivity contribution >= 4 is 46.4 Å². The molecule has 3 aromatic rings. The number of hydrogen-bond acceptors (Lipinski definition) is 3. The fourth-order valence-electron chi connectivity index (χ4n) is 1.93. The van der Waals surface area contributed by atoms with E-state index in [2.05, 4.69) is 15.0 Å². The molecule has 112 valence electrons. The number of imidazole rings is 1. The lowest BCUT2D eigenvalue weighted by Gasteiger charge is -2.08. The quantitative estimate of drug-likeness (QED) is 0.648. The molecule has 0 atom stereocenters. The summed E-state index contributed by atoms with van der Waals surface area (Å²) in [4.78, 5) is 12.6. The second-order valence-electron chi connectivity index (χ2n) is 4.43. The normalized spacial score (nSPS) is 10.9. The third-order valence-electron chi connectivity index (χ3n) is 2.94. The van der Waals surface area contributed by atoms with E-state index in [9.17, 15) is 0 Å². The highest BCUT2D eigenvalue weighted by Crippen LogP contribution is 2.30. The molecule has 0 spiro atoms. The standard InChI is InChI=1S/C14H8Cl4N4/c15-9-3-1-8(2-4-9)14-21-12(17)13(18)22(14)7-11-19-5-10(16)6-20-11/h1-6H,7H2. The summed E-state index contributed by atoms with van der Waals surface area (Å²) in [5, 5.41) is 1.65. The smallest absolute Gasteiger partial charge is 0.166 e. The highest BCUT2D eigenvalue weighted by molar-refractivity contribution is 6.40. The zero-order valence-electron chi connectivity index (χ0n) is 11.0. The summed E-state index contributed by atoms with van der Waals surface area (Å²) in [6, 6.07) is 7.24. The van der Waals surface area contributed by atoms with E-state index in [1.165, 1.54) is 12.4 Å². The minimum Gasteiger partial charge on any atom is -0.306 e. The van der Waals surface area contributed by atoms with Crippen LogP contribution in [0.5, 0.6) is 0 Å². The summed E-state index contributed by atoms with van der Waals surface area (Å²) < 4.78 is 1.73. The Kier molecular flexibility index (Phi) is 4.54. The highest BCUT2D eigenvalue weighted by atomic mass is 35.5. The van der Waals surface area contributed by atoms with E-state index in [1.807, 2.05) is 12.1 Å². The Labute approximate surface area is 146 Å². The van der Waals surface area contributed by atoms with Crippen LogP contribution < -0.4 is 0 Å². The van der Waals surface area contributed by atoms with Crippen LogP contribution in [0.15, 0.2) is 36.7 Å². The van der Waals surface area contributed by atoms with Crippen molar-refractivity contribution in [1.82, 2.24) is 19.5 Å². The molecule has 0 unspecified atom stereocenters. The Balaban J connectivity index is 2.03. The molecule has 0 saturated carbocycles. The van der Waals surface area contributed by atoms with Crippen LogP contribution in [0.25, 0.3) is 11.4 Å². The van der Waals surface area contributed by atoms with Crippen molar-refractivity contribution in [3.63, 3.8) is 0 Å². The van der Waals surface area contributed by atoms with Gasteiger partial charge in [0.25, 0.3) is 0 Å². The molecule has 0 aliphatic carbocycles. The minimum absolute atomic E-state index is 0.223. The first kappa shape index (κ1) is 15.6. The molecule has 0 radical (unpaired) electrons. The summed E-state index contributed by atoms with van der Waals surface area (Å²) >= 11 is 24.0. The van der Waals surface area contributed by atoms with Gasteiger partial charge in [-0.3, -0.25) is 0 Å². The molecular weight excluding hydrogens is 366 g/mol. The van der Waals surface area contributed by atoms with Crippen LogP contribution in [0.2, 0.25) is 20.4 Å². The Morgan fingerprint density at radius 2 is 1.50 bits per heavy atom. The molecule has 3 rings (SSSR count). The van der Waals surface area contributed by atoms with Crippen molar-refractivity contribution in [2.45, 2.75) is 6.54 Å². The van der Waals surface area contributed by atoms with Gasteiger partial charge in [-0.15, -0.1) is 0 Å². The molecule has 8 heteroatoms. The monoisotopic (exact) mass is 372 g/mol. The first-order valence-corrected chi connectivity index (χ1v) is 7.69. The molecule has 0 aliphatic rings. The molecule has 1 aromatic carbocycles. The van der Waals surface area contributed by atoms with Crippen LogP contribution >= 0.6 is 46.4 Å². The van der Waals surface area contributed by atoms with Gasteiger partial charge in [-0.05, 0) is 24.3 Å². The van der Waals surface area contributed by atoms with Gasteiger partial charge >= 0.3 is 0 Å². The number of hydrogen-bond donors (Lipinski definition) is 0. The van der Waals surface area contributed by atoms with E-state index >= 15 is 0 Å². The van der Waals surface area contributed by atoms with Gasteiger partial charge in [0, 0.05) is 23.0 Å². The van der Waals surface area contributed by atoms with Crippen LogP contribution in [0.1, 0.15) is 5.82 Å². The van der Waals surface area contributed by atoms with Crippen molar-refractivity contribution in [2.24, 2.45) is 0 Å². The predicted molar refractivity (Wildman–Crippen MR) is 88.8 cm³/mol. The molecular formula is C14H8Cl4N4. The average molecular weight is 374 g/mol. The number of nitrogens with zero attached hydrogens (tertiary/aromatic N) is 4. The van der Waals surface area contributed by atoms with Gasteiger partial charge in [0.1, 0.15) is 16.8 Å². The largest absolute Gasteiger partial charge is 0.306 e. The summed E-state index contributed by atoms with van der Waals surface area (Å²) in [6.45, 7) is 0.327. The number of aromatic nitrogens is 4. The summed E-state index contributed by atoms with van der Waals surface area (Å²) in [7, 11) is 0. The fourth-order valence-corrected chi connectivity index (χ4v) is 2.52. The third-order valence-corrected chi connectivity index (χ3v) is 4.13. The van der Waals surface area contributed by atoms with Gasteiger partial charge in [0.05, 0.1) is 11.6 Å². The SMILES string of the molecule is Clc1ccc(-c2nc(Cl)c(Cl)n2Cc2ncc(Cl)cn2)cc1. The lowest BCUT2D eigenvalue weighted by atomic mass is 10.2. The zero-order valence-corrected chi connectivity index (χ0v) is 14.0. The van der Waals surface area contributed by atoms with Crippen LogP contribution in [0.3, 0.4) is 0 Å². The maximum Gasteiger partial charge on any atom is 0.166 e. The molecule has 22 heavy (non-hydrogen) atoms. The molecule has 0 N–H and O–H groups in total. The Morgan fingerprint density at radius 3 is 2.14 bits per heavy atom. The topological polar surface area (TPSA) is 43.6 Å². The maximum atomic E-state index is 6.24. The summed E-state index contributed by atoms with van der Waals surface area (Å²) in [5.74, 6) is 1.17. The minimum atomic E-state index is 0.223. The first-order chi connectivity index (χ1) is 10.5. The predicted octanol–water partition coefficient (Wildman–Crippen LogP) is 5.00. The summed E-state index contributed by atoms with van der Waals surface area (Å²) in [5.41, 5.74) is 0.840.